The van der Waals surface area contributed by atoms with E-state index in [0.29, 0.717) is 6.16 Å². The van der Waals surface area contributed by atoms with E-state index in [0.717, 1.165) is 0 Å². The van der Waals surface area contributed by atoms with Crippen molar-refractivity contribution in [1.82, 2.24) is 0 Å². The molecule has 1 unspecified atom stereocenters. The molecule has 0 aliphatic heterocycles. The molecule has 6 heavy (non-hydrogen) atoms. The highest BCUT2D eigenvalue weighted by Gasteiger charge is 1.93. The molecule has 38 valence electrons. The zero-order valence-electron chi connectivity index (χ0n) is 3.76. The van der Waals surface area contributed by atoms with Gasteiger partial charge in [-0.25, -0.2) is 0 Å². The normalized spacial score (nSPS) is 19.8. The second-order valence-electron chi connectivity index (χ2n) is 1.19. The van der Waals surface area contributed by atoms with Crippen LogP contribution in [-0.4, -0.2) is 17.4 Å². The van der Waals surface area contributed by atoms with E-state index in [2.05, 4.69) is 18.5 Å². The molecule has 0 aromatic rings. The molecule has 0 fully saturated rings. The lowest BCUT2D eigenvalue weighted by atomic mass is 11.0. The van der Waals surface area contributed by atoms with Gasteiger partial charge < -0.3 is 4.89 Å². The van der Waals surface area contributed by atoms with Crippen LogP contribution in [0.1, 0.15) is 6.92 Å². The van der Waals surface area contributed by atoms with E-state index in [9.17, 15) is 0 Å². The maximum atomic E-state index is 8.69. The minimum Gasteiger partial charge on any atom is -0.367 e. The summed E-state index contributed by atoms with van der Waals surface area (Å²) in [5, 5.41) is 0. The summed E-state index contributed by atoms with van der Waals surface area (Å²) < 4.78 is 0. The van der Waals surface area contributed by atoms with Gasteiger partial charge in [0.15, 0.2) is 0 Å². The zero-order valence-corrected chi connectivity index (χ0v) is 5.54. The lowest BCUT2D eigenvalue weighted by Crippen LogP contribution is -1.69. The second kappa shape index (κ2) is 2.06. The van der Waals surface area contributed by atoms with Crippen molar-refractivity contribution in [1.29, 1.82) is 0 Å². The van der Waals surface area contributed by atoms with Crippen LogP contribution in [0.25, 0.3) is 0 Å². The van der Waals surface area contributed by atoms with Crippen molar-refractivity contribution in [3.8, 4) is 0 Å². The van der Waals surface area contributed by atoms with E-state index in [4.69, 9.17) is 4.89 Å². The Morgan fingerprint density at radius 3 is 2.17 bits per heavy atom. The maximum Gasteiger partial charge on any atom is 0.0456 e. The van der Waals surface area contributed by atoms with Crippen molar-refractivity contribution in [3.63, 3.8) is 0 Å². The molecular weight excluding hydrogens is 115 g/mol. The monoisotopic (exact) mass is 124 g/mol. The van der Waals surface area contributed by atoms with Crippen LogP contribution in [0.15, 0.2) is 0 Å². The highest BCUT2D eigenvalue weighted by molar-refractivity contribution is 8.49. The van der Waals surface area contributed by atoms with Crippen LogP contribution in [-0.2, 0) is 0 Å². The van der Waals surface area contributed by atoms with Crippen molar-refractivity contribution < 1.29 is 4.89 Å². The number of rotatable bonds is 1. The van der Waals surface area contributed by atoms with Gasteiger partial charge in [-0.15, -0.1) is 12.2 Å². The van der Waals surface area contributed by atoms with E-state index in [1.54, 1.807) is 0 Å². The van der Waals surface area contributed by atoms with Gasteiger partial charge in [-0.3, -0.25) is 0 Å². The van der Waals surface area contributed by atoms with E-state index in [-0.39, 0.29) is 0 Å². The average molecular weight is 124 g/mol. The fourth-order valence-electron chi connectivity index (χ4n) is 0. The van der Waals surface area contributed by atoms with Crippen LogP contribution in [0.5, 0.6) is 0 Å². The summed E-state index contributed by atoms with van der Waals surface area (Å²) >= 11 is 3.81. The van der Waals surface area contributed by atoms with Gasteiger partial charge in [0, 0.05) is 6.31 Å². The fraction of sp³-hybridized carbons (Fsp3) is 0.667. The van der Waals surface area contributed by atoms with Crippen LogP contribution >= 0.6 is 18.6 Å². The van der Waals surface area contributed by atoms with E-state index in [1.807, 2.05) is 6.92 Å². The van der Waals surface area contributed by atoms with Gasteiger partial charge in [-0.05, 0) is 6.16 Å². The first kappa shape index (κ1) is 6.61. The number of hydrogen-bond acceptors (Lipinski definition) is 2. The van der Waals surface area contributed by atoms with Crippen LogP contribution in [0.4, 0.5) is 0 Å². The van der Waals surface area contributed by atoms with Crippen molar-refractivity contribution in [2.75, 3.05) is 6.16 Å². The summed E-state index contributed by atoms with van der Waals surface area (Å²) in [6.07, 6.45) is 2.16. The molecule has 0 amide bonds. The first-order valence-corrected chi connectivity index (χ1v) is 5.00. The smallest absolute Gasteiger partial charge is 0.0456 e. The molecule has 0 bridgehead atoms. The average Bonchev–Trinajstić information content (AvgIpc) is 1.35. The van der Waals surface area contributed by atoms with Gasteiger partial charge in [0.05, 0.1) is 0 Å². The molecule has 0 heterocycles. The van der Waals surface area contributed by atoms with Gasteiger partial charge in [0.1, 0.15) is 0 Å². The summed E-state index contributed by atoms with van der Waals surface area (Å²) in [5.74, 6) is 0. The molecule has 0 radical (unpaired) electrons. The van der Waals surface area contributed by atoms with Gasteiger partial charge in [-0.2, -0.15) is 0 Å². The fourth-order valence-corrected chi connectivity index (χ4v) is 0. The molecular formula is C3H9OPS. The summed E-state index contributed by atoms with van der Waals surface area (Å²) in [4.78, 5) is 8.69. The topological polar surface area (TPSA) is 20.2 Å². The van der Waals surface area contributed by atoms with Crippen LogP contribution in [0.3, 0.4) is 0 Å². The largest absolute Gasteiger partial charge is 0.367 e. The lowest BCUT2D eigenvalue weighted by molar-refractivity contribution is 0.639. The molecule has 0 rings (SSSR count). The third-order valence-corrected chi connectivity index (χ3v) is 2.37. The quantitative estimate of drug-likeness (QED) is 0.397. The third kappa shape index (κ3) is 4.61. The van der Waals surface area contributed by atoms with Gasteiger partial charge >= 0.3 is 0 Å². The third-order valence-electron chi connectivity index (χ3n) is 0.506. The maximum absolute atomic E-state index is 8.69. The van der Waals surface area contributed by atoms with Gasteiger partial charge in [0.25, 0.3) is 0 Å². The Morgan fingerprint density at radius 2 is 2.17 bits per heavy atom. The summed E-state index contributed by atoms with van der Waals surface area (Å²) in [7, 11) is 0. The standard InChI is InChI=1S/C3H9OPS/c1-3-5(2,4)6/h4,6H,2-3H2,1H3. The Kier molecular flexibility index (Phi) is 2.27. The lowest BCUT2D eigenvalue weighted by Gasteiger charge is -2.01. The molecule has 1 nitrogen and oxygen atoms in total. The van der Waals surface area contributed by atoms with E-state index in [1.165, 1.54) is 0 Å². The first-order chi connectivity index (χ1) is 2.56. The first-order valence-electron chi connectivity index (χ1n) is 1.74. The zero-order chi connectivity index (χ0) is 5.21. The van der Waals surface area contributed by atoms with E-state index < -0.39 is 6.31 Å². The Morgan fingerprint density at radius 1 is 2.00 bits per heavy atom. The molecule has 3 heteroatoms. The molecule has 0 aromatic heterocycles. The number of hydrogen-bond donors (Lipinski definition) is 2. The SMILES string of the molecule is C=P(O)(S)CC. The molecule has 0 aromatic carbocycles. The predicted octanol–water partition coefficient (Wildman–Crippen LogP) is 1.21. The number of thiol groups is 1. The van der Waals surface area contributed by atoms with Crippen LogP contribution in [0.2, 0.25) is 0 Å². The molecule has 0 saturated carbocycles. The van der Waals surface area contributed by atoms with Crippen molar-refractivity contribution in [2.45, 2.75) is 6.92 Å². The van der Waals surface area contributed by atoms with Crippen molar-refractivity contribution >= 4 is 24.9 Å². The Labute approximate surface area is 43.6 Å². The van der Waals surface area contributed by atoms with Gasteiger partial charge in [0.2, 0.25) is 0 Å². The second-order valence-corrected chi connectivity index (χ2v) is 5.82. The highest BCUT2D eigenvalue weighted by atomic mass is 32.7. The molecule has 0 saturated heterocycles. The minimum atomic E-state index is -1.95. The molecule has 0 aliphatic carbocycles. The minimum absolute atomic E-state index is 0.691. The predicted molar refractivity (Wildman–Crippen MR) is 35.8 cm³/mol. The summed E-state index contributed by atoms with van der Waals surface area (Å²) in [6, 6.07) is 0. The highest BCUT2D eigenvalue weighted by Crippen LogP contribution is 2.43. The van der Waals surface area contributed by atoms with Crippen molar-refractivity contribution in [2.24, 2.45) is 0 Å². The van der Waals surface area contributed by atoms with Crippen LogP contribution < -0.4 is 0 Å². The Bertz CT molecular complexity index is 74.9. The summed E-state index contributed by atoms with van der Waals surface area (Å²) in [6.45, 7) is 1.87. The van der Waals surface area contributed by atoms with E-state index >= 15 is 0 Å². The van der Waals surface area contributed by atoms with Crippen molar-refractivity contribution in [3.05, 3.63) is 0 Å². The molecule has 0 aliphatic rings. The molecule has 1 atom stereocenters. The Hall–Kier alpha value is 0.610. The van der Waals surface area contributed by atoms with Gasteiger partial charge in [-0.1, -0.05) is 13.2 Å². The molecule has 1 N–H and O–H groups in total. The Balaban J connectivity index is 3.48. The van der Waals surface area contributed by atoms with Crippen LogP contribution in [0, 0.1) is 0 Å². The summed E-state index contributed by atoms with van der Waals surface area (Å²) in [5.41, 5.74) is 0. The molecule has 0 spiro atoms.